The predicted molar refractivity (Wildman–Crippen MR) is 122 cm³/mol. The molecule has 2 aliphatic rings. The summed E-state index contributed by atoms with van der Waals surface area (Å²) in [4.78, 5) is 17.4. The van der Waals surface area contributed by atoms with E-state index >= 15 is 0 Å². The monoisotopic (exact) mass is 418 g/mol. The van der Waals surface area contributed by atoms with Crippen molar-refractivity contribution in [1.82, 2.24) is 24.9 Å². The number of para-hydroxylation sites is 1. The maximum atomic E-state index is 13.1. The molecule has 0 spiro atoms. The van der Waals surface area contributed by atoms with Crippen LogP contribution in [0.4, 0.5) is 5.82 Å². The average molecular weight is 419 g/mol. The number of aryl methyl sites for hydroxylation is 2. The van der Waals surface area contributed by atoms with Gasteiger partial charge in [0.1, 0.15) is 5.52 Å². The Balaban J connectivity index is 1.48. The molecule has 162 valence electrons. The summed E-state index contributed by atoms with van der Waals surface area (Å²) >= 11 is 0. The van der Waals surface area contributed by atoms with Gasteiger partial charge in [-0.15, -0.1) is 5.10 Å². The van der Waals surface area contributed by atoms with E-state index in [-0.39, 0.29) is 5.92 Å². The first-order valence-electron chi connectivity index (χ1n) is 11.5. The van der Waals surface area contributed by atoms with Crippen molar-refractivity contribution in [3.05, 3.63) is 41.7 Å². The van der Waals surface area contributed by atoms with Crippen LogP contribution in [0.25, 0.3) is 16.6 Å². The number of aromatic nitrogens is 4. The van der Waals surface area contributed by atoms with Crippen molar-refractivity contribution in [2.24, 2.45) is 5.92 Å². The Bertz CT molecular complexity index is 1090. The molecule has 5 rings (SSSR count). The SMILES string of the molecule is Cc1nnc(N2CCC[C@H](C(=O)N3CCCCC3)C2)c2nn(-c3ccccc3)c(C)c12. The van der Waals surface area contributed by atoms with Crippen molar-refractivity contribution in [3.63, 3.8) is 0 Å². The van der Waals surface area contributed by atoms with Gasteiger partial charge < -0.3 is 9.80 Å². The molecule has 0 radical (unpaired) electrons. The number of rotatable bonds is 3. The number of amides is 1. The van der Waals surface area contributed by atoms with Crippen LogP contribution in [0.2, 0.25) is 0 Å². The smallest absolute Gasteiger partial charge is 0.227 e. The molecule has 7 heteroatoms. The van der Waals surface area contributed by atoms with Gasteiger partial charge in [-0.2, -0.15) is 10.2 Å². The fraction of sp³-hybridized carbons (Fsp3) is 0.500. The molecular formula is C24H30N6O. The second-order valence-corrected chi connectivity index (χ2v) is 8.84. The Kier molecular flexibility index (Phi) is 5.34. The van der Waals surface area contributed by atoms with Crippen molar-refractivity contribution in [2.75, 3.05) is 31.1 Å². The Morgan fingerprint density at radius 2 is 1.74 bits per heavy atom. The molecule has 2 saturated heterocycles. The van der Waals surface area contributed by atoms with Crippen LogP contribution in [-0.4, -0.2) is 57.0 Å². The van der Waals surface area contributed by atoms with E-state index in [0.717, 1.165) is 79.1 Å². The molecule has 0 unspecified atom stereocenters. The van der Waals surface area contributed by atoms with Crippen LogP contribution in [0.5, 0.6) is 0 Å². The largest absolute Gasteiger partial charge is 0.352 e. The van der Waals surface area contributed by atoms with E-state index in [1.165, 1.54) is 6.42 Å². The number of nitrogens with zero attached hydrogens (tertiary/aromatic N) is 6. The summed E-state index contributed by atoms with van der Waals surface area (Å²) in [6, 6.07) is 10.2. The van der Waals surface area contributed by atoms with Gasteiger partial charge in [0, 0.05) is 26.2 Å². The van der Waals surface area contributed by atoms with E-state index in [1.54, 1.807) is 0 Å². The lowest BCUT2D eigenvalue weighted by molar-refractivity contribution is -0.136. The first-order valence-corrected chi connectivity index (χ1v) is 11.5. The van der Waals surface area contributed by atoms with Crippen LogP contribution in [0.1, 0.15) is 43.5 Å². The quantitative estimate of drug-likeness (QED) is 0.649. The van der Waals surface area contributed by atoms with E-state index in [4.69, 9.17) is 5.10 Å². The second-order valence-electron chi connectivity index (χ2n) is 8.84. The van der Waals surface area contributed by atoms with Crippen molar-refractivity contribution in [2.45, 2.75) is 46.0 Å². The Morgan fingerprint density at radius 1 is 0.968 bits per heavy atom. The molecule has 2 fully saturated rings. The molecule has 1 amide bonds. The molecule has 4 heterocycles. The minimum Gasteiger partial charge on any atom is -0.352 e. The van der Waals surface area contributed by atoms with Gasteiger partial charge in [-0.1, -0.05) is 18.2 Å². The molecule has 3 aromatic rings. The Morgan fingerprint density at radius 3 is 2.52 bits per heavy atom. The summed E-state index contributed by atoms with van der Waals surface area (Å²) in [5.41, 5.74) is 3.85. The highest BCUT2D eigenvalue weighted by Gasteiger charge is 2.32. The number of piperidine rings is 2. The number of fused-ring (bicyclic) bond motifs is 1. The van der Waals surface area contributed by atoms with Gasteiger partial charge in [0.2, 0.25) is 5.91 Å². The number of carbonyl (C=O) groups excluding carboxylic acids is 1. The molecule has 0 bridgehead atoms. The maximum absolute atomic E-state index is 13.1. The van der Waals surface area contributed by atoms with Crippen LogP contribution in [0.15, 0.2) is 30.3 Å². The minimum absolute atomic E-state index is 0.0299. The topological polar surface area (TPSA) is 67.2 Å². The van der Waals surface area contributed by atoms with Crippen molar-refractivity contribution >= 4 is 22.6 Å². The molecule has 2 aliphatic heterocycles. The number of hydrogen-bond donors (Lipinski definition) is 0. The third kappa shape index (κ3) is 3.66. The molecule has 31 heavy (non-hydrogen) atoms. The van der Waals surface area contributed by atoms with E-state index in [1.807, 2.05) is 29.8 Å². The van der Waals surface area contributed by atoms with E-state index in [9.17, 15) is 4.79 Å². The van der Waals surface area contributed by atoms with Gasteiger partial charge in [-0.25, -0.2) is 4.68 Å². The summed E-state index contributed by atoms with van der Waals surface area (Å²) < 4.78 is 1.98. The molecular weight excluding hydrogens is 388 g/mol. The van der Waals surface area contributed by atoms with Gasteiger partial charge in [0.25, 0.3) is 0 Å². The summed E-state index contributed by atoms with van der Waals surface area (Å²) in [5, 5.41) is 15.0. The minimum atomic E-state index is 0.0299. The summed E-state index contributed by atoms with van der Waals surface area (Å²) in [6.45, 7) is 7.46. The van der Waals surface area contributed by atoms with Crippen LogP contribution < -0.4 is 4.90 Å². The number of anilines is 1. The molecule has 1 atom stereocenters. The van der Waals surface area contributed by atoms with Gasteiger partial charge in [0.15, 0.2) is 5.82 Å². The van der Waals surface area contributed by atoms with Gasteiger partial charge >= 0.3 is 0 Å². The molecule has 0 aliphatic carbocycles. The lowest BCUT2D eigenvalue weighted by Crippen LogP contribution is -2.46. The first kappa shape index (κ1) is 20.0. The zero-order valence-electron chi connectivity index (χ0n) is 18.4. The summed E-state index contributed by atoms with van der Waals surface area (Å²) in [6.07, 6.45) is 5.43. The molecule has 7 nitrogen and oxygen atoms in total. The van der Waals surface area contributed by atoms with Crippen molar-refractivity contribution < 1.29 is 4.79 Å². The lowest BCUT2D eigenvalue weighted by atomic mass is 9.95. The lowest BCUT2D eigenvalue weighted by Gasteiger charge is -2.36. The summed E-state index contributed by atoms with van der Waals surface area (Å²) in [7, 11) is 0. The van der Waals surface area contributed by atoms with Gasteiger partial charge in [-0.3, -0.25) is 4.79 Å². The van der Waals surface area contributed by atoms with Crippen molar-refractivity contribution in [1.29, 1.82) is 0 Å². The van der Waals surface area contributed by atoms with Crippen LogP contribution in [0, 0.1) is 19.8 Å². The van der Waals surface area contributed by atoms with Crippen LogP contribution >= 0.6 is 0 Å². The molecule has 2 aromatic heterocycles. The maximum Gasteiger partial charge on any atom is 0.227 e. The third-order valence-electron chi connectivity index (χ3n) is 6.72. The summed E-state index contributed by atoms with van der Waals surface area (Å²) in [5.74, 6) is 1.14. The Hall–Kier alpha value is -2.96. The fourth-order valence-electron chi connectivity index (χ4n) is 5.09. The third-order valence-corrected chi connectivity index (χ3v) is 6.72. The van der Waals surface area contributed by atoms with Crippen LogP contribution in [0.3, 0.4) is 0 Å². The normalized spacial score (nSPS) is 19.7. The predicted octanol–water partition coefficient (Wildman–Crippen LogP) is 3.66. The second kappa shape index (κ2) is 8.29. The molecule has 0 saturated carbocycles. The molecule has 0 N–H and O–H groups in total. The first-order chi connectivity index (χ1) is 15.1. The Labute approximate surface area is 183 Å². The average Bonchev–Trinajstić information content (AvgIpc) is 3.18. The number of benzene rings is 1. The zero-order chi connectivity index (χ0) is 21.4. The van der Waals surface area contributed by atoms with E-state index in [2.05, 4.69) is 39.1 Å². The standard InChI is InChI=1S/C24H30N6O/c1-17-21-18(2)30(20-11-5-3-6-12-20)27-22(21)23(26-25-17)29-15-9-10-19(16-29)24(31)28-13-7-4-8-14-28/h3,5-6,11-12,19H,4,7-10,13-16H2,1-2H3/t19-/m0/s1. The van der Waals surface area contributed by atoms with E-state index in [0.29, 0.717) is 12.5 Å². The zero-order valence-corrected chi connectivity index (χ0v) is 18.4. The van der Waals surface area contributed by atoms with Crippen LogP contribution in [-0.2, 0) is 4.79 Å². The number of hydrogen-bond acceptors (Lipinski definition) is 5. The number of carbonyl (C=O) groups is 1. The van der Waals surface area contributed by atoms with Crippen molar-refractivity contribution in [3.8, 4) is 5.69 Å². The molecule has 1 aromatic carbocycles. The highest BCUT2D eigenvalue weighted by molar-refractivity contribution is 5.92. The number of likely N-dealkylation sites (tertiary alicyclic amines) is 1. The highest BCUT2D eigenvalue weighted by atomic mass is 16.2. The van der Waals surface area contributed by atoms with Gasteiger partial charge in [-0.05, 0) is 58.1 Å². The highest BCUT2D eigenvalue weighted by Crippen LogP contribution is 2.32. The fourth-order valence-corrected chi connectivity index (χ4v) is 5.09. The van der Waals surface area contributed by atoms with E-state index < -0.39 is 0 Å². The van der Waals surface area contributed by atoms with Gasteiger partial charge in [0.05, 0.1) is 28.4 Å².